The minimum atomic E-state index is 0.683. The van der Waals surface area contributed by atoms with Crippen molar-refractivity contribution in [1.29, 1.82) is 0 Å². The normalized spacial score (nSPS) is 19.7. The zero-order valence-corrected chi connectivity index (χ0v) is 12.4. The van der Waals surface area contributed by atoms with Gasteiger partial charge in [0.25, 0.3) is 0 Å². The van der Waals surface area contributed by atoms with Gasteiger partial charge >= 0.3 is 0 Å². The smallest absolute Gasteiger partial charge is 0.0962 e. The molecule has 0 aromatic carbocycles. The molecule has 0 aliphatic heterocycles. The Balaban J connectivity index is 1.75. The summed E-state index contributed by atoms with van der Waals surface area (Å²) in [6, 6.07) is 0.802. The van der Waals surface area contributed by atoms with E-state index in [0.717, 1.165) is 18.5 Å². The van der Waals surface area contributed by atoms with Crippen LogP contribution >= 0.6 is 11.3 Å². The molecule has 3 heteroatoms. The van der Waals surface area contributed by atoms with Crippen molar-refractivity contribution in [2.45, 2.75) is 76.8 Å². The SMILES string of the molecule is CCC(CC)c1nc(C2CC2)c(CNC2CC2)s1. The van der Waals surface area contributed by atoms with Gasteiger partial charge in [-0.05, 0) is 38.5 Å². The van der Waals surface area contributed by atoms with Crippen molar-refractivity contribution in [3.8, 4) is 0 Å². The summed E-state index contributed by atoms with van der Waals surface area (Å²) in [4.78, 5) is 6.52. The number of aromatic nitrogens is 1. The third-order valence-electron chi connectivity index (χ3n) is 4.17. The van der Waals surface area contributed by atoms with Gasteiger partial charge in [-0.1, -0.05) is 13.8 Å². The van der Waals surface area contributed by atoms with E-state index < -0.39 is 0 Å². The van der Waals surface area contributed by atoms with Gasteiger partial charge in [-0.3, -0.25) is 0 Å². The van der Waals surface area contributed by atoms with E-state index in [1.807, 2.05) is 11.3 Å². The maximum atomic E-state index is 4.99. The lowest BCUT2D eigenvalue weighted by molar-refractivity contribution is 0.634. The highest BCUT2D eigenvalue weighted by atomic mass is 32.1. The van der Waals surface area contributed by atoms with Gasteiger partial charge < -0.3 is 5.32 Å². The zero-order chi connectivity index (χ0) is 12.5. The van der Waals surface area contributed by atoms with Crippen LogP contribution in [-0.4, -0.2) is 11.0 Å². The molecule has 3 rings (SSSR count). The van der Waals surface area contributed by atoms with Crippen LogP contribution in [0.4, 0.5) is 0 Å². The monoisotopic (exact) mass is 264 g/mol. The van der Waals surface area contributed by atoms with Crippen molar-refractivity contribution in [3.63, 3.8) is 0 Å². The predicted molar refractivity (Wildman–Crippen MR) is 77.3 cm³/mol. The fourth-order valence-corrected chi connectivity index (χ4v) is 3.89. The Morgan fingerprint density at radius 1 is 1.22 bits per heavy atom. The number of hydrogen-bond donors (Lipinski definition) is 1. The molecule has 18 heavy (non-hydrogen) atoms. The first kappa shape index (κ1) is 12.6. The van der Waals surface area contributed by atoms with Crippen LogP contribution in [0.2, 0.25) is 0 Å². The van der Waals surface area contributed by atoms with E-state index in [9.17, 15) is 0 Å². The Morgan fingerprint density at radius 2 is 1.94 bits per heavy atom. The number of hydrogen-bond acceptors (Lipinski definition) is 3. The lowest BCUT2D eigenvalue weighted by Crippen LogP contribution is -2.15. The molecule has 1 aromatic rings. The molecular weight excluding hydrogens is 240 g/mol. The summed E-state index contributed by atoms with van der Waals surface area (Å²) in [5, 5.41) is 5.05. The van der Waals surface area contributed by atoms with Crippen molar-refractivity contribution < 1.29 is 0 Å². The first-order chi connectivity index (χ1) is 8.81. The Labute approximate surface area is 114 Å². The summed E-state index contributed by atoms with van der Waals surface area (Å²) >= 11 is 1.98. The lowest BCUT2D eigenvalue weighted by Gasteiger charge is -2.07. The zero-order valence-electron chi connectivity index (χ0n) is 11.5. The lowest BCUT2D eigenvalue weighted by atomic mass is 10.1. The minimum absolute atomic E-state index is 0.683. The van der Waals surface area contributed by atoms with Crippen LogP contribution in [0.15, 0.2) is 0 Å². The van der Waals surface area contributed by atoms with E-state index in [4.69, 9.17) is 4.98 Å². The molecule has 2 nitrogen and oxygen atoms in total. The molecule has 2 fully saturated rings. The second kappa shape index (κ2) is 5.30. The van der Waals surface area contributed by atoms with Crippen LogP contribution in [0.5, 0.6) is 0 Å². The van der Waals surface area contributed by atoms with Crippen LogP contribution in [-0.2, 0) is 6.54 Å². The van der Waals surface area contributed by atoms with Crippen molar-refractivity contribution in [2.24, 2.45) is 0 Å². The molecule has 0 unspecified atom stereocenters. The van der Waals surface area contributed by atoms with Gasteiger partial charge in [-0.15, -0.1) is 11.3 Å². The first-order valence-corrected chi connectivity index (χ1v) is 8.36. The highest BCUT2D eigenvalue weighted by molar-refractivity contribution is 7.11. The van der Waals surface area contributed by atoms with Crippen molar-refractivity contribution >= 4 is 11.3 Å². The topological polar surface area (TPSA) is 24.9 Å². The van der Waals surface area contributed by atoms with Gasteiger partial charge in [-0.25, -0.2) is 4.98 Å². The van der Waals surface area contributed by atoms with Crippen LogP contribution in [0.3, 0.4) is 0 Å². The summed E-state index contributed by atoms with van der Waals surface area (Å²) in [6.45, 7) is 5.64. The molecule has 1 aromatic heterocycles. The van der Waals surface area contributed by atoms with Gasteiger partial charge in [0, 0.05) is 29.3 Å². The Bertz CT molecular complexity index is 401. The quantitative estimate of drug-likeness (QED) is 0.799. The van der Waals surface area contributed by atoms with Gasteiger partial charge in [0.1, 0.15) is 0 Å². The summed E-state index contributed by atoms with van der Waals surface area (Å²) < 4.78 is 0. The van der Waals surface area contributed by atoms with Crippen LogP contribution in [0.1, 0.15) is 79.8 Å². The maximum Gasteiger partial charge on any atom is 0.0962 e. The second-order valence-corrected chi connectivity index (χ2v) is 6.92. The number of nitrogens with one attached hydrogen (secondary N) is 1. The highest BCUT2D eigenvalue weighted by Crippen LogP contribution is 2.44. The highest BCUT2D eigenvalue weighted by Gasteiger charge is 2.31. The summed E-state index contributed by atoms with van der Waals surface area (Å²) in [5.41, 5.74) is 1.44. The molecule has 0 saturated heterocycles. The molecule has 0 bridgehead atoms. The average Bonchev–Trinajstić information content (AvgIpc) is 3.28. The third kappa shape index (κ3) is 2.77. The van der Waals surface area contributed by atoms with Crippen LogP contribution < -0.4 is 5.32 Å². The summed E-state index contributed by atoms with van der Waals surface area (Å²) in [7, 11) is 0. The fraction of sp³-hybridized carbons (Fsp3) is 0.800. The van der Waals surface area contributed by atoms with Crippen LogP contribution in [0.25, 0.3) is 0 Å². The molecule has 2 aliphatic rings. The van der Waals surface area contributed by atoms with E-state index in [1.54, 1.807) is 0 Å². The molecule has 1 heterocycles. The van der Waals surface area contributed by atoms with Crippen molar-refractivity contribution in [3.05, 3.63) is 15.6 Å². The molecule has 2 aliphatic carbocycles. The third-order valence-corrected chi connectivity index (χ3v) is 5.41. The fourth-order valence-electron chi connectivity index (χ4n) is 2.52. The molecule has 100 valence electrons. The summed E-state index contributed by atoms with van der Waals surface area (Å²) in [5.74, 6) is 1.47. The molecule has 2 saturated carbocycles. The van der Waals surface area contributed by atoms with Crippen LogP contribution in [0, 0.1) is 0 Å². The molecule has 0 spiro atoms. The number of nitrogens with zero attached hydrogens (tertiary/aromatic N) is 1. The minimum Gasteiger partial charge on any atom is -0.309 e. The average molecular weight is 264 g/mol. The molecule has 0 amide bonds. The van der Waals surface area contributed by atoms with E-state index in [0.29, 0.717) is 5.92 Å². The predicted octanol–water partition coefficient (Wildman–Crippen LogP) is 4.18. The van der Waals surface area contributed by atoms with E-state index in [2.05, 4.69) is 19.2 Å². The van der Waals surface area contributed by atoms with Gasteiger partial charge in [-0.2, -0.15) is 0 Å². The Kier molecular flexibility index (Phi) is 3.71. The maximum absolute atomic E-state index is 4.99. The molecule has 1 N–H and O–H groups in total. The number of rotatable bonds is 7. The number of thiazole rings is 1. The largest absolute Gasteiger partial charge is 0.309 e. The summed E-state index contributed by atoms with van der Waals surface area (Å²) in [6.07, 6.45) is 7.92. The van der Waals surface area contributed by atoms with Gasteiger partial charge in [0.15, 0.2) is 0 Å². The Hall–Kier alpha value is -0.410. The van der Waals surface area contributed by atoms with Gasteiger partial charge in [0.05, 0.1) is 10.7 Å². The Morgan fingerprint density at radius 3 is 2.50 bits per heavy atom. The second-order valence-electron chi connectivity index (χ2n) is 5.80. The molecule has 0 radical (unpaired) electrons. The van der Waals surface area contributed by atoms with E-state index in [1.165, 1.54) is 54.1 Å². The van der Waals surface area contributed by atoms with Crippen molar-refractivity contribution in [1.82, 2.24) is 10.3 Å². The van der Waals surface area contributed by atoms with E-state index >= 15 is 0 Å². The molecule has 0 atom stereocenters. The first-order valence-electron chi connectivity index (χ1n) is 7.54. The van der Waals surface area contributed by atoms with Crippen molar-refractivity contribution in [2.75, 3.05) is 0 Å². The molecular formula is C15H24N2S. The van der Waals surface area contributed by atoms with E-state index in [-0.39, 0.29) is 0 Å². The van der Waals surface area contributed by atoms with Gasteiger partial charge in [0.2, 0.25) is 0 Å². The standard InChI is InChI=1S/C15H24N2S/c1-3-10(4-2)15-17-14(11-5-6-11)13(18-15)9-16-12-7-8-12/h10-12,16H,3-9H2,1-2H3.